The number of aromatic nitrogens is 4. The van der Waals surface area contributed by atoms with Gasteiger partial charge in [-0.25, -0.2) is 4.98 Å². The number of rotatable bonds is 9. The molecular weight excluding hydrogens is 520 g/mol. The Morgan fingerprint density at radius 2 is 2.23 bits per heavy atom. The highest BCUT2D eigenvalue weighted by Gasteiger charge is 2.57. The summed E-state index contributed by atoms with van der Waals surface area (Å²) >= 11 is 3.90. The Labute approximate surface area is 211 Å². The summed E-state index contributed by atoms with van der Waals surface area (Å²) < 4.78 is 5.70. The topological polar surface area (TPSA) is 195 Å². The number of methoxy groups -OCH3 is 1. The molecule has 186 valence electrons. The van der Waals surface area contributed by atoms with Crippen molar-refractivity contribution in [3.05, 3.63) is 17.4 Å². The normalized spacial score (nSPS) is 23.8. The number of thioether (sulfide) groups is 2. The van der Waals surface area contributed by atoms with Gasteiger partial charge in [0.05, 0.1) is 7.11 Å². The maximum atomic E-state index is 13.0. The van der Waals surface area contributed by atoms with Gasteiger partial charge in [0, 0.05) is 24.1 Å². The number of oxime groups is 1. The number of nitrogens with two attached hydrogens (primary N) is 1. The van der Waals surface area contributed by atoms with E-state index in [1.165, 1.54) is 60.0 Å². The maximum Gasteiger partial charge on any atom is 0.313 e. The van der Waals surface area contributed by atoms with E-state index in [1.54, 1.807) is 5.51 Å². The number of hydrogen-bond acceptors (Lipinski definition) is 14. The molecule has 2 aromatic rings. The number of ether oxygens (including phenoxy) is 1. The van der Waals surface area contributed by atoms with Crippen LogP contribution in [0.5, 0.6) is 5.88 Å². The standard InChI is InChI=1S/C18H20N8O6S3/c1-31-9-3-8(19)21-12(22-9)10(25-32-2)13(27)23-11-14(28)26-4-18(16(29)30,5-33-15(11)26)6-34-17-24-20-7-35-17/h3,7,11,15H,4-6H2,1-2H3,(H,23,27)(H,29,30)(H2,19,21,22)/t11?,15-,18?/m1/s1. The van der Waals surface area contributed by atoms with E-state index in [2.05, 4.69) is 30.6 Å². The molecule has 14 nitrogen and oxygen atoms in total. The molecule has 2 aromatic heterocycles. The van der Waals surface area contributed by atoms with Gasteiger partial charge in [-0.2, -0.15) is 4.98 Å². The smallest absolute Gasteiger partial charge is 0.313 e. The molecule has 3 atom stereocenters. The average Bonchev–Trinajstić information content (AvgIpc) is 3.37. The van der Waals surface area contributed by atoms with E-state index >= 15 is 0 Å². The summed E-state index contributed by atoms with van der Waals surface area (Å²) in [5.74, 6) is -1.63. The molecule has 0 bridgehead atoms. The zero-order valence-corrected chi connectivity index (χ0v) is 20.9. The number of aliphatic carboxylic acids is 1. The van der Waals surface area contributed by atoms with Crippen molar-refractivity contribution in [2.24, 2.45) is 10.6 Å². The summed E-state index contributed by atoms with van der Waals surface area (Å²) in [6.07, 6.45) is 0. The van der Waals surface area contributed by atoms with Gasteiger partial charge in [-0.05, 0) is 0 Å². The largest absolute Gasteiger partial charge is 0.481 e. The second-order valence-corrected chi connectivity index (χ2v) is 10.6. The highest BCUT2D eigenvalue weighted by Crippen LogP contribution is 2.44. The van der Waals surface area contributed by atoms with E-state index in [4.69, 9.17) is 15.3 Å². The molecule has 0 saturated carbocycles. The molecule has 35 heavy (non-hydrogen) atoms. The molecule has 2 fully saturated rings. The third kappa shape index (κ3) is 4.96. The lowest BCUT2D eigenvalue weighted by molar-refractivity contribution is -0.157. The van der Waals surface area contributed by atoms with E-state index in [9.17, 15) is 19.5 Å². The Kier molecular flexibility index (Phi) is 7.27. The molecule has 4 N–H and O–H groups in total. The van der Waals surface area contributed by atoms with Crippen LogP contribution in [-0.4, -0.2) is 97.4 Å². The lowest BCUT2D eigenvalue weighted by atomic mass is 9.89. The Bertz CT molecular complexity index is 1170. The Morgan fingerprint density at radius 3 is 2.89 bits per heavy atom. The van der Waals surface area contributed by atoms with Crippen LogP contribution in [0.3, 0.4) is 0 Å². The van der Waals surface area contributed by atoms with Crippen LogP contribution >= 0.6 is 34.9 Å². The lowest BCUT2D eigenvalue weighted by Crippen LogP contribution is -2.74. The SMILES string of the molecule is CON=C(C(=O)NC1C(=O)N2CC(CSc3nncs3)(C(=O)O)CS[C@H]12)c1nc(N)cc(OC)n1. The van der Waals surface area contributed by atoms with Gasteiger partial charge in [0.1, 0.15) is 35.3 Å². The number of β-lactam (4-membered cyclic amide) rings is 1. The van der Waals surface area contributed by atoms with Crippen molar-refractivity contribution in [2.75, 3.05) is 38.0 Å². The number of carboxylic acid groups (broad SMARTS) is 1. The van der Waals surface area contributed by atoms with Crippen LogP contribution in [0.2, 0.25) is 0 Å². The van der Waals surface area contributed by atoms with Gasteiger partial charge in [-0.3, -0.25) is 14.4 Å². The van der Waals surface area contributed by atoms with Crippen LogP contribution in [0.1, 0.15) is 5.82 Å². The van der Waals surface area contributed by atoms with Crippen molar-refractivity contribution in [1.29, 1.82) is 0 Å². The molecular formula is C18H20N8O6S3. The molecule has 17 heteroatoms. The van der Waals surface area contributed by atoms with Crippen molar-refractivity contribution in [1.82, 2.24) is 30.4 Å². The fourth-order valence-electron chi connectivity index (χ4n) is 3.47. The predicted octanol–water partition coefficient (Wildman–Crippen LogP) is -0.467. The second kappa shape index (κ2) is 10.2. The van der Waals surface area contributed by atoms with Gasteiger partial charge in [-0.15, -0.1) is 22.0 Å². The molecule has 0 aliphatic carbocycles. The van der Waals surface area contributed by atoms with E-state index in [0.717, 1.165) is 0 Å². The molecule has 0 spiro atoms. The minimum atomic E-state index is -1.16. The molecule has 0 aromatic carbocycles. The first-order valence-corrected chi connectivity index (χ1v) is 12.8. The third-order valence-corrected chi connectivity index (χ3v) is 8.98. The fraction of sp³-hybridized carbons (Fsp3) is 0.444. The quantitative estimate of drug-likeness (QED) is 0.160. The van der Waals surface area contributed by atoms with Gasteiger partial charge in [0.2, 0.25) is 17.5 Å². The Hall–Kier alpha value is -3.18. The van der Waals surface area contributed by atoms with Gasteiger partial charge >= 0.3 is 5.97 Å². The summed E-state index contributed by atoms with van der Waals surface area (Å²) in [6.45, 7) is 0.0194. The fourth-order valence-corrected chi connectivity index (χ4v) is 6.82. The first-order chi connectivity index (χ1) is 16.8. The number of fused-ring (bicyclic) bond motifs is 1. The Balaban J connectivity index is 1.45. The van der Waals surface area contributed by atoms with Crippen LogP contribution in [0, 0.1) is 5.41 Å². The number of nitrogens with zero attached hydrogens (tertiary/aromatic N) is 6. The molecule has 4 heterocycles. The number of carbonyl (C=O) groups excluding carboxylic acids is 2. The molecule has 2 unspecified atom stereocenters. The summed E-state index contributed by atoms with van der Waals surface area (Å²) in [6, 6.07) is 0.496. The highest BCUT2D eigenvalue weighted by molar-refractivity contribution is 8.01. The summed E-state index contributed by atoms with van der Waals surface area (Å²) in [4.78, 5) is 52.3. The van der Waals surface area contributed by atoms with E-state index < -0.39 is 34.6 Å². The number of carboxylic acids is 1. The second-order valence-electron chi connectivity index (χ2n) is 7.48. The number of nitrogens with one attached hydrogen (secondary N) is 1. The van der Waals surface area contributed by atoms with Gasteiger partial charge in [-0.1, -0.05) is 28.3 Å². The average molecular weight is 541 g/mol. The Morgan fingerprint density at radius 1 is 1.43 bits per heavy atom. The van der Waals surface area contributed by atoms with Crippen LogP contribution in [0.15, 0.2) is 21.1 Å². The lowest BCUT2D eigenvalue weighted by Gasteiger charge is -2.53. The van der Waals surface area contributed by atoms with E-state index in [1.807, 2.05) is 0 Å². The molecule has 0 radical (unpaired) electrons. The number of carbonyl (C=O) groups is 3. The van der Waals surface area contributed by atoms with Crippen molar-refractivity contribution in [3.8, 4) is 5.88 Å². The minimum absolute atomic E-state index is 0.0194. The van der Waals surface area contributed by atoms with Gasteiger partial charge in [0.15, 0.2) is 10.2 Å². The highest BCUT2D eigenvalue weighted by atomic mass is 32.2. The van der Waals surface area contributed by atoms with E-state index in [-0.39, 0.29) is 41.3 Å². The predicted molar refractivity (Wildman–Crippen MR) is 127 cm³/mol. The third-order valence-electron chi connectivity index (χ3n) is 5.24. The van der Waals surface area contributed by atoms with Crippen molar-refractivity contribution < 1.29 is 29.1 Å². The van der Waals surface area contributed by atoms with Crippen LogP contribution in [0.25, 0.3) is 0 Å². The van der Waals surface area contributed by atoms with Gasteiger partial charge in [0.25, 0.3) is 5.91 Å². The molecule has 2 amide bonds. The number of amides is 2. The summed E-state index contributed by atoms with van der Waals surface area (Å²) in [5.41, 5.74) is 5.86. The number of nitrogen functional groups attached to an aromatic ring is 1. The van der Waals surface area contributed by atoms with Crippen molar-refractivity contribution in [2.45, 2.75) is 15.8 Å². The molecule has 2 aliphatic heterocycles. The van der Waals surface area contributed by atoms with Gasteiger partial charge < -0.3 is 30.6 Å². The number of hydrogen-bond donors (Lipinski definition) is 3. The summed E-state index contributed by atoms with van der Waals surface area (Å²) in [7, 11) is 2.62. The van der Waals surface area contributed by atoms with Crippen molar-refractivity contribution in [3.63, 3.8) is 0 Å². The molecule has 2 aliphatic rings. The first-order valence-electron chi connectivity index (χ1n) is 9.93. The zero-order chi connectivity index (χ0) is 25.2. The molecule has 2 saturated heterocycles. The monoisotopic (exact) mass is 540 g/mol. The first kappa shape index (κ1) is 24.9. The van der Waals surface area contributed by atoms with Crippen LogP contribution in [0.4, 0.5) is 5.82 Å². The minimum Gasteiger partial charge on any atom is -0.481 e. The molecule has 4 rings (SSSR count). The number of anilines is 1. The van der Waals surface area contributed by atoms with Crippen LogP contribution in [-0.2, 0) is 19.2 Å². The summed E-state index contributed by atoms with van der Waals surface area (Å²) in [5, 5.41) is 23.5. The zero-order valence-electron chi connectivity index (χ0n) is 18.4. The van der Waals surface area contributed by atoms with Crippen molar-refractivity contribution >= 4 is 64.2 Å². The van der Waals surface area contributed by atoms with E-state index in [0.29, 0.717) is 4.34 Å². The van der Waals surface area contributed by atoms with Crippen LogP contribution < -0.4 is 15.8 Å². The maximum absolute atomic E-state index is 13.0.